The number of rotatable bonds is 5. The molecular formula is C20H21N3O3S. The standard InChI is InChI=1S/C20H21N3O3S/c1-12(21-2)7-18(27)23-11-15-8-13(5-6-16(15)20(23)24)14-9-17(25-3)19(26-4)22-10-14/h5-10,21H,11H2,1-4H3. The van der Waals surface area contributed by atoms with Gasteiger partial charge in [-0.15, -0.1) is 0 Å². The number of hydrogen-bond acceptors (Lipinski definition) is 6. The molecule has 140 valence electrons. The fourth-order valence-electron chi connectivity index (χ4n) is 2.90. The van der Waals surface area contributed by atoms with Crippen LogP contribution < -0.4 is 14.8 Å². The van der Waals surface area contributed by atoms with E-state index in [-0.39, 0.29) is 5.91 Å². The van der Waals surface area contributed by atoms with Crippen LogP contribution in [0, 0.1) is 0 Å². The number of hydrogen-bond donors (Lipinski definition) is 1. The predicted molar refractivity (Wildman–Crippen MR) is 108 cm³/mol. The van der Waals surface area contributed by atoms with Gasteiger partial charge in [0.25, 0.3) is 11.8 Å². The Hall–Kier alpha value is -2.93. The van der Waals surface area contributed by atoms with E-state index >= 15 is 0 Å². The summed E-state index contributed by atoms with van der Waals surface area (Å²) in [6.07, 6.45) is 3.51. The average Bonchev–Trinajstić information content (AvgIpc) is 3.03. The van der Waals surface area contributed by atoms with Crippen molar-refractivity contribution in [2.75, 3.05) is 21.3 Å². The van der Waals surface area contributed by atoms with Crippen molar-refractivity contribution in [3.63, 3.8) is 0 Å². The van der Waals surface area contributed by atoms with Crippen molar-refractivity contribution in [2.45, 2.75) is 13.5 Å². The maximum absolute atomic E-state index is 12.7. The molecule has 1 N–H and O–H groups in total. The first-order chi connectivity index (χ1) is 13.0. The van der Waals surface area contributed by atoms with Crippen LogP contribution in [0.2, 0.25) is 0 Å². The van der Waals surface area contributed by atoms with Crippen LogP contribution in [0.25, 0.3) is 11.1 Å². The Morgan fingerprint density at radius 3 is 2.70 bits per heavy atom. The number of carbonyl (C=O) groups excluding carboxylic acids is 1. The lowest BCUT2D eigenvalue weighted by Gasteiger charge is -2.14. The smallest absolute Gasteiger partial charge is 0.259 e. The van der Waals surface area contributed by atoms with Gasteiger partial charge in [0.2, 0.25) is 0 Å². The molecule has 2 heterocycles. The zero-order chi connectivity index (χ0) is 19.6. The van der Waals surface area contributed by atoms with Gasteiger partial charge in [-0.05, 0) is 42.3 Å². The summed E-state index contributed by atoms with van der Waals surface area (Å²) in [5.74, 6) is 0.912. The molecule has 0 fully saturated rings. The van der Waals surface area contributed by atoms with Gasteiger partial charge in [-0.2, -0.15) is 0 Å². The molecule has 1 amide bonds. The van der Waals surface area contributed by atoms with Gasteiger partial charge >= 0.3 is 0 Å². The first-order valence-electron chi connectivity index (χ1n) is 8.41. The molecule has 0 bridgehead atoms. The number of methoxy groups -OCH3 is 2. The summed E-state index contributed by atoms with van der Waals surface area (Å²) in [6.45, 7) is 2.36. The van der Waals surface area contributed by atoms with E-state index in [4.69, 9.17) is 21.7 Å². The number of allylic oxidation sites excluding steroid dienone is 1. The summed E-state index contributed by atoms with van der Waals surface area (Å²) in [5.41, 5.74) is 4.34. The second kappa shape index (κ2) is 7.75. The quantitative estimate of drug-likeness (QED) is 0.632. The van der Waals surface area contributed by atoms with E-state index in [9.17, 15) is 4.79 Å². The summed E-state index contributed by atoms with van der Waals surface area (Å²) in [4.78, 5) is 19.1. The molecular weight excluding hydrogens is 362 g/mol. The van der Waals surface area contributed by atoms with Crippen molar-refractivity contribution < 1.29 is 14.3 Å². The first kappa shape index (κ1) is 18.8. The van der Waals surface area contributed by atoms with Gasteiger partial charge in [0.05, 0.1) is 20.8 Å². The first-order valence-corrected chi connectivity index (χ1v) is 8.82. The Morgan fingerprint density at radius 1 is 1.26 bits per heavy atom. The van der Waals surface area contributed by atoms with E-state index in [1.54, 1.807) is 31.4 Å². The normalized spacial score (nSPS) is 13.4. The van der Waals surface area contributed by atoms with E-state index in [0.29, 0.717) is 28.7 Å². The molecule has 0 saturated heterocycles. The summed E-state index contributed by atoms with van der Waals surface area (Å²) in [7, 11) is 4.94. The lowest BCUT2D eigenvalue weighted by Crippen LogP contribution is -2.29. The zero-order valence-electron chi connectivity index (χ0n) is 15.7. The van der Waals surface area contributed by atoms with Gasteiger partial charge in [0.1, 0.15) is 4.99 Å². The third-order valence-electron chi connectivity index (χ3n) is 4.47. The number of carbonyl (C=O) groups is 1. The molecule has 1 aromatic carbocycles. The number of benzene rings is 1. The summed E-state index contributed by atoms with van der Waals surface area (Å²) in [5, 5.41) is 3.01. The van der Waals surface area contributed by atoms with Gasteiger partial charge in [-0.3, -0.25) is 9.69 Å². The Morgan fingerprint density at radius 2 is 2.04 bits per heavy atom. The van der Waals surface area contributed by atoms with Crippen LogP contribution in [0.4, 0.5) is 0 Å². The van der Waals surface area contributed by atoms with E-state index in [1.165, 1.54) is 0 Å². The number of aromatic nitrogens is 1. The van der Waals surface area contributed by atoms with Crippen molar-refractivity contribution in [1.29, 1.82) is 0 Å². The Balaban J connectivity index is 1.91. The highest BCUT2D eigenvalue weighted by atomic mass is 32.1. The van der Waals surface area contributed by atoms with Crippen LogP contribution in [0.5, 0.6) is 11.6 Å². The Kier molecular flexibility index (Phi) is 5.41. The molecule has 27 heavy (non-hydrogen) atoms. The molecule has 0 aliphatic carbocycles. The Bertz CT molecular complexity index is 940. The van der Waals surface area contributed by atoms with Gasteiger partial charge in [0.15, 0.2) is 5.75 Å². The second-order valence-electron chi connectivity index (χ2n) is 6.11. The molecule has 0 spiro atoms. The van der Waals surface area contributed by atoms with Crippen molar-refractivity contribution in [3.8, 4) is 22.8 Å². The number of nitrogens with one attached hydrogen (secondary N) is 1. The molecule has 1 aliphatic rings. The van der Waals surface area contributed by atoms with Crippen molar-refractivity contribution in [2.24, 2.45) is 0 Å². The van der Waals surface area contributed by atoms with Crippen molar-refractivity contribution in [1.82, 2.24) is 15.2 Å². The minimum atomic E-state index is -0.0767. The molecule has 1 aromatic heterocycles. The van der Waals surface area contributed by atoms with E-state index < -0.39 is 0 Å². The molecule has 2 aromatic rings. The lowest BCUT2D eigenvalue weighted by atomic mass is 10.0. The number of thiocarbonyl (C=S) groups is 1. The van der Waals surface area contributed by atoms with Crippen molar-refractivity contribution >= 4 is 23.1 Å². The maximum atomic E-state index is 12.7. The fraction of sp³-hybridized carbons (Fsp3) is 0.250. The molecule has 3 rings (SSSR count). The highest BCUT2D eigenvalue weighted by molar-refractivity contribution is 7.80. The number of pyridine rings is 1. The van der Waals surface area contributed by atoms with E-state index in [0.717, 1.165) is 22.4 Å². The number of nitrogens with zero attached hydrogens (tertiary/aromatic N) is 2. The highest BCUT2D eigenvalue weighted by Crippen LogP contribution is 2.33. The van der Waals surface area contributed by atoms with Gasteiger partial charge in [-0.1, -0.05) is 18.3 Å². The minimum Gasteiger partial charge on any atom is -0.491 e. The van der Waals surface area contributed by atoms with E-state index in [2.05, 4.69) is 10.3 Å². The monoisotopic (exact) mass is 383 g/mol. The van der Waals surface area contributed by atoms with Crippen LogP contribution in [-0.2, 0) is 6.54 Å². The molecule has 0 atom stereocenters. The molecule has 0 saturated carbocycles. The number of amides is 1. The van der Waals surface area contributed by atoms with Gasteiger partial charge in [-0.25, -0.2) is 4.98 Å². The maximum Gasteiger partial charge on any atom is 0.259 e. The van der Waals surface area contributed by atoms with Crippen LogP contribution in [-0.4, -0.2) is 42.0 Å². The molecule has 7 heteroatoms. The summed E-state index contributed by atoms with van der Waals surface area (Å²) >= 11 is 5.42. The van der Waals surface area contributed by atoms with Gasteiger partial charge in [0, 0.05) is 30.1 Å². The van der Waals surface area contributed by atoms with Crippen molar-refractivity contribution in [3.05, 3.63) is 53.4 Å². The predicted octanol–water partition coefficient (Wildman–Crippen LogP) is 3.17. The number of ether oxygens (including phenoxy) is 2. The average molecular weight is 383 g/mol. The van der Waals surface area contributed by atoms with Crippen LogP contribution in [0.15, 0.2) is 42.2 Å². The van der Waals surface area contributed by atoms with Crippen LogP contribution in [0.1, 0.15) is 22.8 Å². The summed E-state index contributed by atoms with van der Waals surface area (Å²) in [6, 6.07) is 7.60. The molecule has 1 aliphatic heterocycles. The minimum absolute atomic E-state index is 0.0767. The SMILES string of the molecule is CNC(C)=CC(=S)N1Cc2cc(-c3cnc(OC)c(OC)c3)ccc2C1=O. The van der Waals surface area contributed by atoms with Crippen LogP contribution in [0.3, 0.4) is 0 Å². The highest BCUT2D eigenvalue weighted by Gasteiger charge is 2.29. The molecule has 0 radical (unpaired) electrons. The van der Waals surface area contributed by atoms with E-state index in [1.807, 2.05) is 38.2 Å². The zero-order valence-corrected chi connectivity index (χ0v) is 16.5. The molecule has 6 nitrogen and oxygen atoms in total. The van der Waals surface area contributed by atoms with Gasteiger partial charge < -0.3 is 14.8 Å². The lowest BCUT2D eigenvalue weighted by molar-refractivity contribution is 0.0869. The summed E-state index contributed by atoms with van der Waals surface area (Å²) < 4.78 is 10.5. The third kappa shape index (κ3) is 3.64. The fourth-order valence-corrected chi connectivity index (χ4v) is 3.23. The third-order valence-corrected chi connectivity index (χ3v) is 4.81. The topological polar surface area (TPSA) is 63.7 Å². The Labute approximate surface area is 163 Å². The number of fused-ring (bicyclic) bond motifs is 1. The van der Waals surface area contributed by atoms with Crippen LogP contribution >= 0.6 is 12.2 Å². The largest absolute Gasteiger partial charge is 0.491 e. The molecule has 0 unspecified atom stereocenters. The second-order valence-corrected chi connectivity index (χ2v) is 6.53.